The van der Waals surface area contributed by atoms with Crippen molar-refractivity contribution in [3.63, 3.8) is 0 Å². The van der Waals surface area contributed by atoms with E-state index in [0.29, 0.717) is 5.02 Å². The van der Waals surface area contributed by atoms with Gasteiger partial charge < -0.3 is 10.1 Å². The van der Waals surface area contributed by atoms with Crippen LogP contribution in [-0.4, -0.2) is 50.9 Å². The van der Waals surface area contributed by atoms with Crippen molar-refractivity contribution >= 4 is 27.5 Å². The number of nitrogens with zero attached hydrogens (tertiary/aromatic N) is 2. The Hall–Kier alpha value is -2.27. The summed E-state index contributed by atoms with van der Waals surface area (Å²) in [7, 11) is -2.24. The monoisotopic (exact) mass is 414 g/mol. The third-order valence-electron chi connectivity index (χ3n) is 3.42. The topological polar surface area (TPSA) is 119 Å². The van der Waals surface area contributed by atoms with Gasteiger partial charge >= 0.3 is 0 Å². The van der Waals surface area contributed by atoms with Gasteiger partial charge in [-0.2, -0.15) is 5.10 Å². The van der Waals surface area contributed by atoms with Gasteiger partial charge in [0.25, 0.3) is 11.5 Å². The van der Waals surface area contributed by atoms with Crippen molar-refractivity contribution in [2.24, 2.45) is 0 Å². The molecule has 0 fully saturated rings. The minimum Gasteiger partial charge on any atom is -0.383 e. The number of sulfonamides is 1. The van der Waals surface area contributed by atoms with Crippen LogP contribution in [0.4, 0.5) is 0 Å². The Morgan fingerprint density at radius 1 is 1.26 bits per heavy atom. The van der Waals surface area contributed by atoms with E-state index in [1.807, 2.05) is 0 Å². The molecule has 2 aromatic rings. The molecule has 0 bridgehead atoms. The highest BCUT2D eigenvalue weighted by Crippen LogP contribution is 2.14. The third-order valence-corrected chi connectivity index (χ3v) is 5.11. The SMILES string of the molecule is COCCn1nc(C(=O)NCCNS(=O)(=O)c2cccc(Cl)c2)ccc1=O. The second-order valence-electron chi connectivity index (χ2n) is 5.38. The second-order valence-corrected chi connectivity index (χ2v) is 7.59. The maximum Gasteiger partial charge on any atom is 0.271 e. The number of amides is 1. The fraction of sp³-hybridized carbons (Fsp3) is 0.312. The first-order chi connectivity index (χ1) is 12.8. The van der Waals surface area contributed by atoms with Gasteiger partial charge in [-0.05, 0) is 24.3 Å². The first-order valence-corrected chi connectivity index (χ1v) is 9.80. The van der Waals surface area contributed by atoms with Crippen LogP contribution in [0.2, 0.25) is 5.02 Å². The van der Waals surface area contributed by atoms with Crippen molar-refractivity contribution in [3.05, 3.63) is 57.5 Å². The van der Waals surface area contributed by atoms with Gasteiger partial charge in [-0.1, -0.05) is 17.7 Å². The number of hydrogen-bond acceptors (Lipinski definition) is 6. The maximum absolute atomic E-state index is 12.1. The Balaban J connectivity index is 1.90. The Morgan fingerprint density at radius 3 is 2.74 bits per heavy atom. The molecule has 27 heavy (non-hydrogen) atoms. The molecule has 0 saturated heterocycles. The van der Waals surface area contributed by atoms with Gasteiger partial charge in [0.15, 0.2) is 0 Å². The van der Waals surface area contributed by atoms with Crippen molar-refractivity contribution in [3.8, 4) is 0 Å². The van der Waals surface area contributed by atoms with E-state index in [1.165, 1.54) is 37.4 Å². The standard InChI is InChI=1S/C16H19ClN4O5S/c1-26-10-9-21-15(22)6-5-14(20-21)16(23)18-7-8-19-27(24,25)13-4-2-3-12(17)11-13/h2-6,11,19H,7-10H2,1H3,(H,18,23). The number of carbonyl (C=O) groups excluding carboxylic acids is 1. The number of halogens is 1. The first-order valence-electron chi connectivity index (χ1n) is 7.94. The zero-order chi connectivity index (χ0) is 19.9. The van der Waals surface area contributed by atoms with Crippen LogP contribution in [0, 0.1) is 0 Å². The van der Waals surface area contributed by atoms with E-state index in [-0.39, 0.29) is 42.4 Å². The van der Waals surface area contributed by atoms with Crippen molar-refractivity contribution in [1.82, 2.24) is 19.8 Å². The Bertz CT molecular complexity index is 961. The molecule has 11 heteroatoms. The number of aromatic nitrogens is 2. The van der Waals surface area contributed by atoms with E-state index < -0.39 is 15.9 Å². The minimum absolute atomic E-state index is 0.0239. The highest BCUT2D eigenvalue weighted by atomic mass is 35.5. The summed E-state index contributed by atoms with van der Waals surface area (Å²) in [5.41, 5.74) is -0.304. The van der Waals surface area contributed by atoms with Crippen LogP contribution in [0.3, 0.4) is 0 Å². The summed E-state index contributed by atoms with van der Waals surface area (Å²) in [6.07, 6.45) is 0. The summed E-state index contributed by atoms with van der Waals surface area (Å²) in [6, 6.07) is 8.38. The lowest BCUT2D eigenvalue weighted by Gasteiger charge is -2.09. The molecule has 1 amide bonds. The zero-order valence-corrected chi connectivity index (χ0v) is 16.1. The van der Waals surface area contributed by atoms with E-state index in [9.17, 15) is 18.0 Å². The van der Waals surface area contributed by atoms with Crippen LogP contribution in [0.25, 0.3) is 0 Å². The highest BCUT2D eigenvalue weighted by Gasteiger charge is 2.14. The summed E-state index contributed by atoms with van der Waals surface area (Å²) >= 11 is 5.79. The summed E-state index contributed by atoms with van der Waals surface area (Å²) in [6.45, 7) is 0.514. The van der Waals surface area contributed by atoms with E-state index in [2.05, 4.69) is 15.1 Å². The van der Waals surface area contributed by atoms with Crippen LogP contribution in [0.1, 0.15) is 10.5 Å². The van der Waals surface area contributed by atoms with Gasteiger partial charge in [-0.3, -0.25) is 9.59 Å². The van der Waals surface area contributed by atoms with Gasteiger partial charge in [0.1, 0.15) is 5.69 Å². The lowest BCUT2D eigenvalue weighted by molar-refractivity contribution is 0.0945. The van der Waals surface area contributed by atoms with Crippen molar-refractivity contribution < 1.29 is 17.9 Å². The van der Waals surface area contributed by atoms with E-state index in [4.69, 9.17) is 16.3 Å². The van der Waals surface area contributed by atoms with Crippen LogP contribution >= 0.6 is 11.6 Å². The Labute approximate surface area is 161 Å². The van der Waals surface area contributed by atoms with Crippen LogP contribution in [0.15, 0.2) is 46.1 Å². The molecule has 0 aliphatic carbocycles. The number of carbonyl (C=O) groups is 1. The van der Waals surface area contributed by atoms with Crippen molar-refractivity contribution in [2.45, 2.75) is 11.4 Å². The van der Waals surface area contributed by atoms with Gasteiger partial charge in [-0.15, -0.1) is 0 Å². The smallest absolute Gasteiger partial charge is 0.271 e. The highest BCUT2D eigenvalue weighted by molar-refractivity contribution is 7.89. The lowest BCUT2D eigenvalue weighted by Crippen LogP contribution is -2.36. The second kappa shape index (κ2) is 9.60. The molecule has 0 spiro atoms. The number of nitrogens with one attached hydrogen (secondary N) is 2. The van der Waals surface area contributed by atoms with E-state index in [1.54, 1.807) is 6.07 Å². The van der Waals surface area contributed by atoms with E-state index >= 15 is 0 Å². The number of methoxy groups -OCH3 is 1. The Kier molecular flexibility index (Phi) is 7.48. The number of rotatable bonds is 9. The van der Waals surface area contributed by atoms with Crippen LogP contribution in [-0.2, 0) is 21.3 Å². The molecule has 0 aliphatic rings. The van der Waals surface area contributed by atoms with Crippen molar-refractivity contribution in [2.75, 3.05) is 26.8 Å². The zero-order valence-electron chi connectivity index (χ0n) is 14.5. The van der Waals surface area contributed by atoms with Gasteiger partial charge in [-0.25, -0.2) is 17.8 Å². The first kappa shape index (κ1) is 21.0. The molecule has 0 atom stereocenters. The fourth-order valence-electron chi connectivity index (χ4n) is 2.08. The average Bonchev–Trinajstić information content (AvgIpc) is 2.64. The summed E-state index contributed by atoms with van der Waals surface area (Å²) in [5, 5.41) is 6.80. The van der Waals surface area contributed by atoms with Crippen LogP contribution < -0.4 is 15.6 Å². The number of ether oxygens (including phenoxy) is 1. The molecule has 0 aliphatic heterocycles. The predicted octanol–water partition coefficient (Wildman–Crippen LogP) is 0.251. The fourth-order valence-corrected chi connectivity index (χ4v) is 3.41. The molecular weight excluding hydrogens is 396 g/mol. The molecule has 0 saturated carbocycles. The molecule has 0 unspecified atom stereocenters. The predicted molar refractivity (Wildman–Crippen MR) is 99.3 cm³/mol. The molecule has 9 nitrogen and oxygen atoms in total. The van der Waals surface area contributed by atoms with E-state index in [0.717, 1.165) is 4.68 Å². The summed E-state index contributed by atoms with van der Waals surface area (Å²) in [4.78, 5) is 23.8. The average molecular weight is 415 g/mol. The van der Waals surface area contributed by atoms with Gasteiger partial charge in [0, 0.05) is 31.3 Å². The lowest BCUT2D eigenvalue weighted by atomic mass is 10.3. The third kappa shape index (κ3) is 6.14. The molecule has 1 aromatic carbocycles. The number of benzene rings is 1. The maximum atomic E-state index is 12.1. The Morgan fingerprint density at radius 2 is 2.04 bits per heavy atom. The number of hydrogen-bond donors (Lipinski definition) is 2. The molecule has 146 valence electrons. The van der Waals surface area contributed by atoms with Crippen LogP contribution in [0.5, 0.6) is 0 Å². The largest absolute Gasteiger partial charge is 0.383 e. The molecule has 1 aromatic heterocycles. The molecular formula is C16H19ClN4O5S. The van der Waals surface area contributed by atoms with Crippen molar-refractivity contribution in [1.29, 1.82) is 0 Å². The van der Waals surface area contributed by atoms with Gasteiger partial charge in [0.05, 0.1) is 18.0 Å². The molecule has 0 radical (unpaired) electrons. The molecule has 2 rings (SSSR count). The summed E-state index contributed by atoms with van der Waals surface area (Å²) < 4.78 is 32.6. The normalized spacial score (nSPS) is 11.3. The minimum atomic E-state index is -3.73. The molecule has 1 heterocycles. The van der Waals surface area contributed by atoms with Gasteiger partial charge in [0.2, 0.25) is 10.0 Å². The molecule has 2 N–H and O–H groups in total. The summed E-state index contributed by atoms with van der Waals surface area (Å²) in [5.74, 6) is -0.525. The quantitative estimate of drug-likeness (QED) is 0.568.